The number of aliphatic hydroxyl groups is 1. The summed E-state index contributed by atoms with van der Waals surface area (Å²) in [7, 11) is 1.55. The third-order valence-electron chi connectivity index (χ3n) is 2.35. The van der Waals surface area contributed by atoms with Crippen molar-refractivity contribution < 1.29 is 14.6 Å². The van der Waals surface area contributed by atoms with Crippen LogP contribution in [-0.2, 0) is 9.47 Å². The molecule has 0 spiro atoms. The van der Waals surface area contributed by atoms with Gasteiger partial charge in [0.2, 0.25) is 0 Å². The Kier molecular flexibility index (Phi) is 2.87. The molecule has 1 aliphatic rings. The summed E-state index contributed by atoms with van der Waals surface area (Å²) < 4.78 is 10.4. The maximum Gasteiger partial charge on any atom is 0.183 e. The van der Waals surface area contributed by atoms with Gasteiger partial charge in [-0.05, 0) is 6.42 Å². The first-order chi connectivity index (χ1) is 5.20. The van der Waals surface area contributed by atoms with Gasteiger partial charge < -0.3 is 14.6 Å². The summed E-state index contributed by atoms with van der Waals surface area (Å²) in [6.45, 7) is 4.03. The largest absolute Gasteiger partial charge is 0.387 e. The molecule has 4 atom stereocenters. The number of hydrogen-bond acceptors (Lipinski definition) is 3. The van der Waals surface area contributed by atoms with Gasteiger partial charge in [0.15, 0.2) is 6.29 Å². The fourth-order valence-corrected chi connectivity index (χ4v) is 1.51. The smallest absolute Gasteiger partial charge is 0.183 e. The van der Waals surface area contributed by atoms with Crippen LogP contribution in [-0.4, -0.2) is 30.7 Å². The summed E-state index contributed by atoms with van der Waals surface area (Å²) in [5.74, 6) is 0.185. The number of aliphatic hydroxyl groups excluding tert-OH is 1. The molecule has 0 aromatic heterocycles. The molecule has 1 fully saturated rings. The monoisotopic (exact) mass is 160 g/mol. The van der Waals surface area contributed by atoms with Crippen LogP contribution < -0.4 is 0 Å². The van der Waals surface area contributed by atoms with Crippen LogP contribution in [0.2, 0.25) is 0 Å². The van der Waals surface area contributed by atoms with Crippen molar-refractivity contribution in [1.82, 2.24) is 0 Å². The normalized spacial score (nSPS) is 44.7. The van der Waals surface area contributed by atoms with E-state index in [2.05, 4.69) is 0 Å². The summed E-state index contributed by atoms with van der Waals surface area (Å²) in [4.78, 5) is 0. The molecule has 0 aromatic carbocycles. The Morgan fingerprint density at radius 3 is 2.45 bits per heavy atom. The minimum absolute atomic E-state index is 0.148. The molecule has 3 heteroatoms. The van der Waals surface area contributed by atoms with Crippen LogP contribution in [0.25, 0.3) is 0 Å². The van der Waals surface area contributed by atoms with Gasteiger partial charge in [0.25, 0.3) is 0 Å². The van der Waals surface area contributed by atoms with Gasteiger partial charge in [0.05, 0.1) is 6.10 Å². The highest BCUT2D eigenvalue weighted by Gasteiger charge is 2.39. The molecule has 1 saturated heterocycles. The highest BCUT2D eigenvalue weighted by Crippen LogP contribution is 2.28. The lowest BCUT2D eigenvalue weighted by Crippen LogP contribution is -2.26. The van der Waals surface area contributed by atoms with Gasteiger partial charge in [-0.3, -0.25) is 0 Å². The number of hydrogen-bond donors (Lipinski definition) is 1. The number of methoxy groups -OCH3 is 1. The third kappa shape index (κ3) is 1.55. The van der Waals surface area contributed by atoms with Crippen molar-refractivity contribution in [1.29, 1.82) is 0 Å². The Morgan fingerprint density at radius 2 is 2.18 bits per heavy atom. The highest BCUT2D eigenvalue weighted by atomic mass is 16.7. The molecule has 1 aliphatic heterocycles. The summed E-state index contributed by atoms with van der Waals surface area (Å²) in [5.41, 5.74) is 0. The van der Waals surface area contributed by atoms with Gasteiger partial charge in [-0.25, -0.2) is 0 Å². The van der Waals surface area contributed by atoms with E-state index >= 15 is 0 Å². The zero-order valence-electron chi connectivity index (χ0n) is 7.28. The van der Waals surface area contributed by atoms with E-state index in [1.807, 2.05) is 13.8 Å². The Bertz CT molecular complexity index is 109. The van der Waals surface area contributed by atoms with Crippen LogP contribution in [0.1, 0.15) is 20.3 Å². The molecule has 1 unspecified atom stereocenters. The first-order valence-electron chi connectivity index (χ1n) is 4.07. The zero-order valence-corrected chi connectivity index (χ0v) is 7.28. The van der Waals surface area contributed by atoms with Crippen LogP contribution in [0.3, 0.4) is 0 Å². The minimum Gasteiger partial charge on any atom is -0.387 e. The van der Waals surface area contributed by atoms with Crippen LogP contribution in [0.5, 0.6) is 0 Å². The van der Waals surface area contributed by atoms with E-state index in [0.717, 1.165) is 6.42 Å². The molecule has 0 bridgehead atoms. The minimum atomic E-state index is -0.468. The van der Waals surface area contributed by atoms with Crippen LogP contribution in [0.15, 0.2) is 0 Å². The molecule has 0 amide bonds. The SMILES string of the molecule is CC[C@H]1O[C@@H](OC)C(O)[C@H]1C. The second-order valence-corrected chi connectivity index (χ2v) is 3.04. The van der Waals surface area contributed by atoms with Crippen molar-refractivity contribution in [2.24, 2.45) is 5.92 Å². The van der Waals surface area contributed by atoms with Crippen molar-refractivity contribution in [2.45, 2.75) is 38.8 Å². The molecule has 1 N–H and O–H groups in total. The van der Waals surface area contributed by atoms with E-state index in [1.54, 1.807) is 7.11 Å². The highest BCUT2D eigenvalue weighted by molar-refractivity contribution is 4.82. The Hall–Kier alpha value is -0.120. The summed E-state index contributed by atoms with van der Waals surface area (Å²) >= 11 is 0. The predicted molar refractivity (Wildman–Crippen MR) is 41.1 cm³/mol. The molecule has 0 saturated carbocycles. The van der Waals surface area contributed by atoms with Gasteiger partial charge >= 0.3 is 0 Å². The molecule has 66 valence electrons. The van der Waals surface area contributed by atoms with Gasteiger partial charge in [0, 0.05) is 13.0 Å². The Labute approximate surface area is 67.3 Å². The van der Waals surface area contributed by atoms with Gasteiger partial charge in [-0.1, -0.05) is 13.8 Å². The van der Waals surface area contributed by atoms with E-state index < -0.39 is 12.4 Å². The van der Waals surface area contributed by atoms with Crippen molar-refractivity contribution in [3.63, 3.8) is 0 Å². The zero-order chi connectivity index (χ0) is 8.43. The lowest BCUT2D eigenvalue weighted by atomic mass is 9.99. The topological polar surface area (TPSA) is 38.7 Å². The fourth-order valence-electron chi connectivity index (χ4n) is 1.51. The molecule has 3 nitrogen and oxygen atoms in total. The lowest BCUT2D eigenvalue weighted by Gasteiger charge is -2.12. The van der Waals surface area contributed by atoms with Crippen LogP contribution in [0, 0.1) is 5.92 Å². The summed E-state index contributed by atoms with van der Waals surface area (Å²) in [5, 5.41) is 9.51. The second-order valence-electron chi connectivity index (χ2n) is 3.04. The van der Waals surface area contributed by atoms with Crippen LogP contribution >= 0.6 is 0 Å². The maximum absolute atomic E-state index is 9.51. The van der Waals surface area contributed by atoms with Crippen LogP contribution in [0.4, 0.5) is 0 Å². The first kappa shape index (κ1) is 8.97. The molecular formula is C8H16O3. The average Bonchev–Trinajstić information content (AvgIpc) is 2.30. The summed E-state index contributed by atoms with van der Waals surface area (Å²) in [6.07, 6.45) is 0.188. The number of ether oxygens (including phenoxy) is 2. The molecule has 1 rings (SSSR count). The molecule has 11 heavy (non-hydrogen) atoms. The molecular weight excluding hydrogens is 144 g/mol. The van der Waals surface area contributed by atoms with Crippen molar-refractivity contribution in [3.05, 3.63) is 0 Å². The summed E-state index contributed by atoms with van der Waals surface area (Å²) in [6, 6.07) is 0. The van der Waals surface area contributed by atoms with E-state index in [4.69, 9.17) is 9.47 Å². The third-order valence-corrected chi connectivity index (χ3v) is 2.35. The molecule has 1 heterocycles. The fraction of sp³-hybridized carbons (Fsp3) is 1.00. The van der Waals surface area contributed by atoms with E-state index in [0.29, 0.717) is 0 Å². The van der Waals surface area contributed by atoms with E-state index in [9.17, 15) is 5.11 Å². The van der Waals surface area contributed by atoms with Crippen molar-refractivity contribution in [3.8, 4) is 0 Å². The van der Waals surface area contributed by atoms with Gasteiger partial charge in [-0.2, -0.15) is 0 Å². The maximum atomic E-state index is 9.51. The van der Waals surface area contributed by atoms with E-state index in [1.165, 1.54) is 0 Å². The quantitative estimate of drug-likeness (QED) is 0.648. The van der Waals surface area contributed by atoms with Crippen molar-refractivity contribution in [2.75, 3.05) is 7.11 Å². The van der Waals surface area contributed by atoms with Gasteiger partial charge in [0.1, 0.15) is 6.10 Å². The average molecular weight is 160 g/mol. The molecule has 0 aromatic rings. The van der Waals surface area contributed by atoms with Crippen molar-refractivity contribution >= 4 is 0 Å². The predicted octanol–water partition coefficient (Wildman–Crippen LogP) is 0.765. The number of rotatable bonds is 2. The first-order valence-corrected chi connectivity index (χ1v) is 4.07. The standard InChI is InChI=1S/C8H16O3/c1-4-6-5(2)7(9)8(10-3)11-6/h5-9H,4H2,1-3H3/t5-,6+,7?,8+/m0/s1. The van der Waals surface area contributed by atoms with E-state index in [-0.39, 0.29) is 12.0 Å². The molecule has 0 radical (unpaired) electrons. The Balaban J connectivity index is 2.53. The van der Waals surface area contributed by atoms with Gasteiger partial charge in [-0.15, -0.1) is 0 Å². The lowest BCUT2D eigenvalue weighted by molar-refractivity contribution is -0.148. The Morgan fingerprint density at radius 1 is 1.55 bits per heavy atom. The molecule has 0 aliphatic carbocycles. The second kappa shape index (κ2) is 3.52.